The van der Waals surface area contributed by atoms with Gasteiger partial charge in [0.2, 0.25) is 5.91 Å². The van der Waals surface area contributed by atoms with Crippen molar-refractivity contribution in [3.63, 3.8) is 0 Å². The molecule has 2 aromatic rings. The normalized spacial score (nSPS) is 14.4. The van der Waals surface area contributed by atoms with E-state index in [0.29, 0.717) is 15.6 Å². The molecule has 146 valence electrons. The Bertz CT molecular complexity index is 928. The number of nitrogens with zero attached hydrogens (tertiary/aromatic N) is 1. The zero-order chi connectivity index (χ0) is 20.4. The molecule has 7 heteroatoms. The molecule has 1 N–H and O–H groups in total. The zero-order valence-corrected chi connectivity index (χ0v) is 17.1. The van der Waals surface area contributed by atoms with E-state index in [2.05, 4.69) is 21.2 Å². The molecule has 3 amide bonds. The Hall–Kier alpha value is -2.54. The Balaban J connectivity index is 1.64. The van der Waals surface area contributed by atoms with E-state index >= 15 is 0 Å². The highest BCUT2D eigenvalue weighted by Gasteiger charge is 2.35. The molecular formula is C21H20BrFN2O3. The highest BCUT2D eigenvalue weighted by atomic mass is 79.9. The number of hydrogen-bond acceptors (Lipinski definition) is 3. The Morgan fingerprint density at radius 2 is 1.71 bits per heavy atom. The summed E-state index contributed by atoms with van der Waals surface area (Å²) in [7, 11) is 0. The molecule has 28 heavy (non-hydrogen) atoms. The van der Waals surface area contributed by atoms with Gasteiger partial charge in [-0.3, -0.25) is 19.3 Å². The number of hydrogen-bond donors (Lipinski definition) is 1. The third-order valence-corrected chi connectivity index (χ3v) is 5.20. The molecule has 0 fully saturated rings. The summed E-state index contributed by atoms with van der Waals surface area (Å²) in [5.41, 5.74) is 1.49. The van der Waals surface area contributed by atoms with Gasteiger partial charge in [-0.15, -0.1) is 0 Å². The maximum atomic E-state index is 13.2. The van der Waals surface area contributed by atoms with Gasteiger partial charge in [0.15, 0.2) is 0 Å². The summed E-state index contributed by atoms with van der Waals surface area (Å²) in [6, 6.07) is 10.6. The van der Waals surface area contributed by atoms with Gasteiger partial charge in [0.25, 0.3) is 11.8 Å². The fraction of sp³-hybridized carbons (Fsp3) is 0.286. The summed E-state index contributed by atoms with van der Waals surface area (Å²) in [4.78, 5) is 38.5. The van der Waals surface area contributed by atoms with Gasteiger partial charge < -0.3 is 5.32 Å². The van der Waals surface area contributed by atoms with Crippen LogP contribution in [0.2, 0.25) is 0 Å². The van der Waals surface area contributed by atoms with E-state index in [9.17, 15) is 18.8 Å². The lowest BCUT2D eigenvalue weighted by molar-refractivity contribution is -0.122. The van der Waals surface area contributed by atoms with Gasteiger partial charge in [0.05, 0.1) is 17.2 Å². The molecule has 1 heterocycles. The largest absolute Gasteiger partial charge is 0.349 e. The number of carbonyl (C=O) groups is 3. The van der Waals surface area contributed by atoms with E-state index in [1.165, 1.54) is 12.1 Å². The van der Waals surface area contributed by atoms with Crippen LogP contribution < -0.4 is 5.32 Å². The molecule has 0 spiro atoms. The number of benzene rings is 2. The van der Waals surface area contributed by atoms with Gasteiger partial charge in [0.1, 0.15) is 5.82 Å². The van der Waals surface area contributed by atoms with E-state index < -0.39 is 5.91 Å². The number of fused-ring (bicyclic) bond motifs is 1. The molecule has 1 aliphatic rings. The first-order valence-electron chi connectivity index (χ1n) is 8.98. The number of amides is 3. The topological polar surface area (TPSA) is 66.5 Å². The van der Waals surface area contributed by atoms with Crippen LogP contribution in [0.3, 0.4) is 0 Å². The average molecular weight is 447 g/mol. The molecule has 0 aliphatic carbocycles. The Morgan fingerprint density at radius 1 is 1.07 bits per heavy atom. The lowest BCUT2D eigenvalue weighted by Crippen LogP contribution is -2.37. The van der Waals surface area contributed by atoms with Gasteiger partial charge in [0, 0.05) is 17.4 Å². The number of rotatable bonds is 6. The van der Waals surface area contributed by atoms with E-state index in [0.717, 1.165) is 10.5 Å². The van der Waals surface area contributed by atoms with Crippen molar-refractivity contribution < 1.29 is 18.8 Å². The van der Waals surface area contributed by atoms with Crippen LogP contribution in [0.4, 0.5) is 4.39 Å². The lowest BCUT2D eigenvalue weighted by Gasteiger charge is -2.23. The fourth-order valence-electron chi connectivity index (χ4n) is 3.23. The molecule has 1 aliphatic heterocycles. The number of carbonyl (C=O) groups excluding carboxylic acids is 3. The summed E-state index contributed by atoms with van der Waals surface area (Å²) in [5, 5.41) is 2.92. The van der Waals surface area contributed by atoms with E-state index in [1.807, 2.05) is 13.8 Å². The van der Waals surface area contributed by atoms with Gasteiger partial charge in [-0.25, -0.2) is 4.39 Å². The predicted octanol–water partition coefficient (Wildman–Crippen LogP) is 4.09. The second-order valence-corrected chi connectivity index (χ2v) is 7.96. The molecule has 1 atom stereocenters. The zero-order valence-electron chi connectivity index (χ0n) is 15.5. The van der Waals surface area contributed by atoms with E-state index in [1.54, 1.807) is 30.3 Å². The molecule has 0 saturated heterocycles. The second-order valence-electron chi connectivity index (χ2n) is 7.04. The van der Waals surface area contributed by atoms with Gasteiger partial charge >= 0.3 is 0 Å². The monoisotopic (exact) mass is 446 g/mol. The molecule has 3 rings (SSSR count). The van der Waals surface area contributed by atoms with E-state index in [-0.39, 0.29) is 42.6 Å². The summed E-state index contributed by atoms with van der Waals surface area (Å²) in [6.45, 7) is 3.91. The average Bonchev–Trinajstić information content (AvgIpc) is 2.88. The summed E-state index contributed by atoms with van der Waals surface area (Å²) < 4.78 is 13.9. The minimum Gasteiger partial charge on any atom is -0.349 e. The van der Waals surface area contributed by atoms with Crippen molar-refractivity contribution in [2.45, 2.75) is 26.3 Å². The lowest BCUT2D eigenvalue weighted by atomic mass is 9.96. The van der Waals surface area contributed by atoms with Crippen molar-refractivity contribution in [2.24, 2.45) is 5.92 Å². The quantitative estimate of drug-likeness (QED) is 0.679. The van der Waals surface area contributed by atoms with Gasteiger partial charge in [-0.2, -0.15) is 0 Å². The van der Waals surface area contributed by atoms with E-state index in [4.69, 9.17) is 0 Å². The number of nitrogens with one attached hydrogen (secondary N) is 1. The summed E-state index contributed by atoms with van der Waals surface area (Å²) in [5.74, 6) is -1.31. The number of halogens is 2. The highest BCUT2D eigenvalue weighted by molar-refractivity contribution is 9.10. The van der Waals surface area contributed by atoms with Crippen molar-refractivity contribution in [3.05, 3.63) is 69.4 Å². The molecule has 2 aromatic carbocycles. The molecule has 0 radical (unpaired) electrons. The van der Waals surface area contributed by atoms with Crippen LogP contribution in [0.1, 0.15) is 52.6 Å². The summed E-state index contributed by atoms with van der Waals surface area (Å²) >= 11 is 3.29. The first-order valence-corrected chi connectivity index (χ1v) is 9.78. The van der Waals surface area contributed by atoms with Crippen LogP contribution in [-0.2, 0) is 4.79 Å². The van der Waals surface area contributed by atoms with Crippen molar-refractivity contribution in [3.8, 4) is 0 Å². The van der Waals surface area contributed by atoms with Crippen molar-refractivity contribution >= 4 is 33.7 Å². The van der Waals surface area contributed by atoms with Crippen LogP contribution in [0, 0.1) is 11.7 Å². The standard InChI is InChI=1S/C21H20BrFN2O3/c1-12(2)19(13-3-6-15(23)7-4-13)24-18(26)9-10-25-20(27)16-8-5-14(22)11-17(16)21(25)28/h3-8,11-12,19H,9-10H2,1-2H3,(H,24,26). The van der Waals surface area contributed by atoms with Crippen LogP contribution in [-0.4, -0.2) is 29.2 Å². The first kappa shape index (κ1) is 20.2. The first-order chi connectivity index (χ1) is 13.3. The summed E-state index contributed by atoms with van der Waals surface area (Å²) in [6.07, 6.45) is -0.00292. The maximum absolute atomic E-state index is 13.2. The minimum absolute atomic E-state index is 0.00292. The van der Waals surface area contributed by atoms with Crippen molar-refractivity contribution in [1.29, 1.82) is 0 Å². The van der Waals surface area contributed by atoms with Crippen molar-refractivity contribution in [2.75, 3.05) is 6.54 Å². The van der Waals surface area contributed by atoms with Crippen LogP contribution in [0.15, 0.2) is 46.9 Å². The second kappa shape index (κ2) is 8.22. The third-order valence-electron chi connectivity index (χ3n) is 4.71. The molecular weight excluding hydrogens is 427 g/mol. The van der Waals surface area contributed by atoms with Crippen LogP contribution in [0.25, 0.3) is 0 Å². The maximum Gasteiger partial charge on any atom is 0.261 e. The van der Waals surface area contributed by atoms with Crippen molar-refractivity contribution in [1.82, 2.24) is 10.2 Å². The van der Waals surface area contributed by atoms with Gasteiger partial charge in [-0.1, -0.05) is 41.9 Å². The SMILES string of the molecule is CC(C)C(NC(=O)CCN1C(=O)c2ccc(Br)cc2C1=O)c1ccc(F)cc1. The smallest absolute Gasteiger partial charge is 0.261 e. The predicted molar refractivity (Wildman–Crippen MR) is 106 cm³/mol. The Morgan fingerprint density at radius 3 is 2.36 bits per heavy atom. The minimum atomic E-state index is -0.395. The molecule has 0 aromatic heterocycles. The fourth-order valence-corrected chi connectivity index (χ4v) is 3.59. The molecule has 5 nitrogen and oxygen atoms in total. The third kappa shape index (κ3) is 4.14. The Labute approximate surface area is 171 Å². The highest BCUT2D eigenvalue weighted by Crippen LogP contribution is 2.26. The number of imide groups is 1. The molecule has 0 saturated carbocycles. The van der Waals surface area contributed by atoms with Crippen LogP contribution >= 0.6 is 15.9 Å². The molecule has 0 bridgehead atoms. The van der Waals surface area contributed by atoms with Gasteiger partial charge in [-0.05, 0) is 41.8 Å². The molecule has 1 unspecified atom stereocenters. The van der Waals surface area contributed by atoms with Crippen LogP contribution in [0.5, 0.6) is 0 Å². The Kier molecular flexibility index (Phi) is 5.93.